The lowest BCUT2D eigenvalue weighted by atomic mass is 10.0. The van der Waals surface area contributed by atoms with E-state index in [0.29, 0.717) is 52.7 Å². The Morgan fingerprint density at radius 3 is 1.92 bits per heavy atom. The Hall–Kier alpha value is -8.06. The molecule has 11 N–H and O–H groups in total. The monoisotopic (exact) mass is 1240 g/mol. The van der Waals surface area contributed by atoms with Crippen LogP contribution in [0.1, 0.15) is 34.7 Å². The Morgan fingerprint density at radius 1 is 0.678 bits per heavy atom. The quantitative estimate of drug-likeness (QED) is 0.0290. The molecule has 476 valence electrons. The van der Waals surface area contributed by atoms with Gasteiger partial charge in [-0.2, -0.15) is 0 Å². The normalized spacial score (nSPS) is 15.0. The molecule has 0 spiro atoms. The smallest absolute Gasteiger partial charge is 0.319 e. The van der Waals surface area contributed by atoms with Gasteiger partial charge in [0.15, 0.2) is 11.4 Å². The molecule has 1 fully saturated rings. The van der Waals surface area contributed by atoms with E-state index in [-0.39, 0.29) is 154 Å². The molecule has 28 nitrogen and oxygen atoms in total. The van der Waals surface area contributed by atoms with Crippen LogP contribution in [0.15, 0.2) is 90.1 Å². The Labute approximate surface area is 507 Å². The molecule has 0 aliphatic carbocycles. The second-order valence-electron chi connectivity index (χ2n) is 20.1. The van der Waals surface area contributed by atoms with Crippen LogP contribution in [0.3, 0.4) is 0 Å². The molecule has 2 heterocycles. The fourth-order valence-corrected chi connectivity index (χ4v) is 9.67. The molecule has 1 aliphatic heterocycles. The minimum atomic E-state index is -1.22. The maximum Gasteiger partial charge on any atom is 0.319 e. The number of aryl methyl sites for hydroxylation is 1. The minimum Gasteiger partial charge on any atom is -0.491 e. The molecule has 3 aromatic carbocycles. The van der Waals surface area contributed by atoms with Crippen LogP contribution >= 0.6 is 11.6 Å². The molecule has 0 saturated carbocycles. The molecule has 1 unspecified atom stereocenters. The van der Waals surface area contributed by atoms with Crippen molar-refractivity contribution in [3.05, 3.63) is 123 Å². The van der Waals surface area contributed by atoms with Gasteiger partial charge < -0.3 is 85.3 Å². The molecule has 1 aliphatic rings. The van der Waals surface area contributed by atoms with E-state index in [2.05, 4.69) is 27.8 Å². The van der Waals surface area contributed by atoms with E-state index in [1.165, 1.54) is 16.8 Å². The van der Waals surface area contributed by atoms with Gasteiger partial charge >= 0.3 is 35.9 Å². The van der Waals surface area contributed by atoms with E-state index < -0.39 is 59.9 Å². The zero-order chi connectivity index (χ0) is 63.3. The van der Waals surface area contributed by atoms with Crippen LogP contribution in [0.2, 0.25) is 5.02 Å². The summed E-state index contributed by atoms with van der Waals surface area (Å²) in [4.78, 5) is 94.2. The lowest BCUT2D eigenvalue weighted by molar-refractivity contribution is -0.142. The SMILES string of the molecule is C=C(NCCOCCOCCOc1c(C)cn(Cc2c(Cl)cccc2OCCO)c(=O)c1NC(=O)N[C@@H](CC(=O)O)c1cccc(OCCO)c1)Nc1ccc(CC2CN(CC(=O)O)CCN(CC(=O)O)CCN(CC(=O)O)CCN2CC(=O)O)cc1. The van der Waals surface area contributed by atoms with Crippen LogP contribution in [0.25, 0.3) is 0 Å². The number of aliphatic carboxylic acids is 5. The molecular weight excluding hydrogens is 1160 g/mol. The predicted molar refractivity (Wildman–Crippen MR) is 318 cm³/mol. The van der Waals surface area contributed by atoms with E-state index in [1.807, 2.05) is 24.3 Å². The third kappa shape index (κ3) is 25.1. The van der Waals surface area contributed by atoms with Gasteiger partial charge in [0.25, 0.3) is 5.56 Å². The van der Waals surface area contributed by atoms with Crippen molar-refractivity contribution < 1.29 is 88.2 Å². The zero-order valence-corrected chi connectivity index (χ0v) is 49.2. The van der Waals surface area contributed by atoms with E-state index in [1.54, 1.807) is 62.9 Å². The number of aliphatic hydroxyl groups is 2. The third-order valence-electron chi connectivity index (χ3n) is 13.4. The summed E-state index contributed by atoms with van der Waals surface area (Å²) in [5.41, 5.74) is 1.75. The number of ether oxygens (including phenoxy) is 5. The molecule has 2 amide bonds. The number of urea groups is 1. The van der Waals surface area contributed by atoms with Gasteiger partial charge in [-0.3, -0.25) is 48.4 Å². The first-order valence-electron chi connectivity index (χ1n) is 27.9. The van der Waals surface area contributed by atoms with Crippen molar-refractivity contribution >= 4 is 58.9 Å². The Morgan fingerprint density at radius 2 is 1.28 bits per heavy atom. The average Bonchev–Trinajstić information content (AvgIpc) is 2.03. The molecular formula is C58H78ClN9O19. The number of carbonyl (C=O) groups excluding carboxylic acids is 1. The lowest BCUT2D eigenvalue weighted by Crippen LogP contribution is -2.53. The summed E-state index contributed by atoms with van der Waals surface area (Å²) in [5.74, 6) is -4.46. The van der Waals surface area contributed by atoms with Crippen molar-refractivity contribution in [1.29, 1.82) is 0 Å². The number of hydrogen-bond donors (Lipinski definition) is 11. The molecule has 5 rings (SSSR count). The highest BCUT2D eigenvalue weighted by atomic mass is 35.5. The van der Waals surface area contributed by atoms with Gasteiger partial charge in [0.05, 0.1) is 90.6 Å². The van der Waals surface area contributed by atoms with E-state index >= 15 is 0 Å². The number of aliphatic hydroxyl groups excluding tert-OH is 2. The second kappa shape index (κ2) is 36.8. The first-order chi connectivity index (χ1) is 41.7. The van der Waals surface area contributed by atoms with Crippen LogP contribution in [-0.4, -0.2) is 240 Å². The van der Waals surface area contributed by atoms with E-state index in [0.717, 1.165) is 5.56 Å². The topological polar surface area (TPSA) is 373 Å². The summed E-state index contributed by atoms with van der Waals surface area (Å²) in [5, 5.41) is 79.1. The molecule has 29 heteroatoms. The number of carboxylic acid groups (broad SMARTS) is 5. The molecule has 0 radical (unpaired) electrons. The maximum atomic E-state index is 14.3. The largest absolute Gasteiger partial charge is 0.491 e. The van der Waals surface area contributed by atoms with Gasteiger partial charge in [-0.15, -0.1) is 0 Å². The van der Waals surface area contributed by atoms with Gasteiger partial charge in [-0.25, -0.2) is 4.79 Å². The van der Waals surface area contributed by atoms with Crippen molar-refractivity contribution in [3.63, 3.8) is 0 Å². The van der Waals surface area contributed by atoms with Gasteiger partial charge in [0.1, 0.15) is 31.3 Å². The van der Waals surface area contributed by atoms with Crippen molar-refractivity contribution in [1.82, 2.24) is 34.8 Å². The summed E-state index contributed by atoms with van der Waals surface area (Å²) in [6, 6.07) is 16.0. The molecule has 0 bridgehead atoms. The summed E-state index contributed by atoms with van der Waals surface area (Å²) in [6.07, 6.45) is 1.29. The number of nitrogens with one attached hydrogen (secondary N) is 4. The second-order valence-corrected chi connectivity index (χ2v) is 20.5. The first kappa shape index (κ1) is 69.7. The van der Waals surface area contributed by atoms with Crippen LogP contribution in [-0.2, 0) is 46.4 Å². The standard InChI is InChI=1S/C58H78ClN9O19/c1-39-32-68(34-46-47(59)7-4-8-49(46)86-24-21-70)57(81)55(63-58(82)62-48(31-50(71)72)42-5-3-6-45(30-42)85-23-20-69)56(39)87-28-27-84-26-25-83-22-13-60-40(2)61-43-11-9-41(10-12-43)29-44-33-66(37-53(77)78)17-16-64(35-51(73)74)14-15-65(36-52(75)76)18-19-67(44)38-54(79)80/h3-12,30,32,44,48,60-61,69-70H,2,13-29,31,33-38H2,1H3,(H,71,72)(H,73,74)(H,75,76)(H,77,78)(H,79,80)(H2,62,63,82)/t44?,48-/m0/s1. The van der Waals surface area contributed by atoms with Crippen molar-refractivity contribution in [3.8, 4) is 17.2 Å². The summed E-state index contributed by atoms with van der Waals surface area (Å²) in [7, 11) is 0. The maximum absolute atomic E-state index is 14.3. The number of amides is 2. The number of pyridine rings is 1. The third-order valence-corrected chi connectivity index (χ3v) is 13.8. The fraction of sp³-hybridized carbons (Fsp3) is 0.466. The van der Waals surface area contributed by atoms with Crippen molar-refractivity contribution in [2.45, 2.75) is 38.4 Å². The van der Waals surface area contributed by atoms with Crippen molar-refractivity contribution in [2.24, 2.45) is 0 Å². The summed E-state index contributed by atoms with van der Waals surface area (Å²) >= 11 is 6.57. The highest BCUT2D eigenvalue weighted by molar-refractivity contribution is 6.31. The zero-order valence-electron chi connectivity index (χ0n) is 48.4. The Bertz CT molecular complexity index is 2970. The van der Waals surface area contributed by atoms with Gasteiger partial charge in [0, 0.05) is 86.4 Å². The highest BCUT2D eigenvalue weighted by Gasteiger charge is 2.29. The van der Waals surface area contributed by atoms with E-state index in [9.17, 15) is 69.3 Å². The number of carbonyl (C=O) groups is 6. The number of aromatic nitrogens is 1. The molecule has 1 aromatic heterocycles. The van der Waals surface area contributed by atoms with Gasteiger partial charge in [0.2, 0.25) is 0 Å². The number of benzene rings is 3. The Balaban J connectivity index is 1.15. The van der Waals surface area contributed by atoms with Crippen LogP contribution in [0, 0.1) is 6.92 Å². The van der Waals surface area contributed by atoms with Gasteiger partial charge in [-0.1, -0.05) is 48.5 Å². The summed E-state index contributed by atoms with van der Waals surface area (Å²) in [6.45, 7) is 5.78. The van der Waals surface area contributed by atoms with Crippen molar-refractivity contribution in [2.75, 3.05) is 149 Å². The van der Waals surface area contributed by atoms with Gasteiger partial charge in [-0.05, 0) is 60.9 Å². The molecule has 2 atom stereocenters. The molecule has 87 heavy (non-hydrogen) atoms. The fourth-order valence-electron chi connectivity index (χ4n) is 9.44. The van der Waals surface area contributed by atoms with Crippen LogP contribution in [0.4, 0.5) is 16.2 Å². The van der Waals surface area contributed by atoms with E-state index in [4.69, 9.17) is 35.3 Å². The van der Waals surface area contributed by atoms with Crippen LogP contribution in [0.5, 0.6) is 17.2 Å². The number of nitrogens with zero attached hydrogens (tertiary/aromatic N) is 5. The first-order valence-corrected chi connectivity index (χ1v) is 28.3. The average molecular weight is 1240 g/mol. The minimum absolute atomic E-state index is 0.0130. The van der Waals surface area contributed by atoms with Crippen LogP contribution < -0.4 is 41.0 Å². The number of anilines is 2. The number of carboxylic acids is 5. The number of hydrogen-bond acceptors (Lipinski definition) is 20. The number of halogens is 1. The highest BCUT2D eigenvalue weighted by Crippen LogP contribution is 2.31. The lowest BCUT2D eigenvalue weighted by Gasteiger charge is -2.37. The Kier molecular flexibility index (Phi) is 29.5. The summed E-state index contributed by atoms with van der Waals surface area (Å²) < 4.78 is 30.0. The molecule has 4 aromatic rings. The molecule has 1 saturated heterocycles. The number of rotatable bonds is 36. The predicted octanol–water partition coefficient (Wildman–Crippen LogP) is 1.99.